The number of nitrogens with zero attached hydrogens (tertiary/aromatic N) is 1. The molecule has 0 aromatic carbocycles. The number of furan rings is 1. The molecule has 2 fully saturated rings. The first kappa shape index (κ1) is 15.4. The van der Waals surface area contributed by atoms with Crippen LogP contribution in [0.15, 0.2) is 23.0 Å². The van der Waals surface area contributed by atoms with Crippen molar-refractivity contribution in [1.29, 1.82) is 0 Å². The van der Waals surface area contributed by atoms with Crippen LogP contribution in [-0.2, 0) is 9.47 Å². The number of amides is 2. The minimum Gasteiger partial charge on any atom is -0.472 e. The number of likely N-dealkylation sites (tertiary alicyclic amines) is 1. The second kappa shape index (κ2) is 6.30. The largest absolute Gasteiger partial charge is 0.472 e. The van der Waals surface area contributed by atoms with Crippen LogP contribution in [0.2, 0.25) is 0 Å². The third-order valence-corrected chi connectivity index (χ3v) is 4.69. The highest BCUT2D eigenvalue weighted by Gasteiger charge is 2.42. The number of carbonyl (C=O) groups excluding carboxylic acids is 1. The lowest BCUT2D eigenvalue weighted by molar-refractivity contribution is -0.189. The summed E-state index contributed by atoms with van der Waals surface area (Å²) in [6, 6.07) is 1.76. The molecule has 2 amide bonds. The Morgan fingerprint density at radius 2 is 2.23 bits per heavy atom. The van der Waals surface area contributed by atoms with E-state index in [2.05, 4.69) is 5.32 Å². The smallest absolute Gasteiger partial charge is 0.317 e. The molecule has 0 radical (unpaired) electrons. The lowest BCUT2D eigenvalue weighted by Crippen LogP contribution is -2.51. The average Bonchev–Trinajstić information content (AvgIpc) is 3.19. The Bertz CT molecular complexity index is 496. The van der Waals surface area contributed by atoms with E-state index >= 15 is 0 Å². The fraction of sp³-hybridized carbons (Fsp3) is 0.688. The van der Waals surface area contributed by atoms with Crippen LogP contribution in [0.3, 0.4) is 0 Å². The fourth-order valence-electron chi connectivity index (χ4n) is 3.24. The highest BCUT2D eigenvalue weighted by Crippen LogP contribution is 2.34. The standard InChI is InChI=1S/C16H24N2O4/c1-12(13-5-7-20-11-13)17-15(19)18-6-3-4-14(10-18)16(2)21-8-9-22-16/h5,7,11-12,14H,3-4,6,8-10H2,1-2H3,(H,17,19). The van der Waals surface area contributed by atoms with Gasteiger partial charge in [0.1, 0.15) is 0 Å². The maximum absolute atomic E-state index is 12.5. The van der Waals surface area contributed by atoms with Crippen LogP contribution in [0.5, 0.6) is 0 Å². The molecule has 2 atom stereocenters. The van der Waals surface area contributed by atoms with Gasteiger partial charge in [-0.3, -0.25) is 0 Å². The molecule has 2 unspecified atom stereocenters. The lowest BCUT2D eigenvalue weighted by Gasteiger charge is -2.40. The lowest BCUT2D eigenvalue weighted by atomic mass is 9.90. The van der Waals surface area contributed by atoms with Crippen molar-refractivity contribution in [3.63, 3.8) is 0 Å². The quantitative estimate of drug-likeness (QED) is 0.932. The van der Waals surface area contributed by atoms with Crippen LogP contribution >= 0.6 is 0 Å². The van der Waals surface area contributed by atoms with E-state index in [9.17, 15) is 4.79 Å². The van der Waals surface area contributed by atoms with E-state index in [1.54, 1.807) is 12.5 Å². The van der Waals surface area contributed by atoms with Crippen LogP contribution in [0.25, 0.3) is 0 Å². The molecule has 0 bridgehead atoms. The third-order valence-electron chi connectivity index (χ3n) is 4.69. The van der Waals surface area contributed by atoms with Crippen molar-refractivity contribution in [1.82, 2.24) is 10.2 Å². The molecule has 3 heterocycles. The maximum atomic E-state index is 12.5. The summed E-state index contributed by atoms with van der Waals surface area (Å²) in [4.78, 5) is 14.3. The van der Waals surface area contributed by atoms with Crippen molar-refractivity contribution in [2.45, 2.75) is 38.5 Å². The second-order valence-corrected chi connectivity index (χ2v) is 6.23. The summed E-state index contributed by atoms with van der Waals surface area (Å²) >= 11 is 0. The Balaban J connectivity index is 1.58. The molecule has 0 spiro atoms. The molecule has 22 heavy (non-hydrogen) atoms. The van der Waals surface area contributed by atoms with Gasteiger partial charge in [-0.25, -0.2) is 4.79 Å². The molecule has 122 valence electrons. The van der Waals surface area contributed by atoms with Crippen molar-refractivity contribution in [2.24, 2.45) is 5.92 Å². The normalized spacial score (nSPS) is 25.9. The number of hydrogen-bond acceptors (Lipinski definition) is 4. The molecular weight excluding hydrogens is 284 g/mol. The molecule has 1 N–H and O–H groups in total. The van der Waals surface area contributed by atoms with E-state index in [0.717, 1.165) is 24.9 Å². The van der Waals surface area contributed by atoms with Crippen LogP contribution in [0.1, 0.15) is 38.3 Å². The molecule has 0 saturated carbocycles. The SMILES string of the molecule is CC(NC(=O)N1CCCC(C2(C)OCCO2)C1)c1ccoc1. The van der Waals surface area contributed by atoms with Gasteiger partial charge in [-0.1, -0.05) is 0 Å². The molecule has 0 aliphatic carbocycles. The minimum absolute atomic E-state index is 0.0417. The molecule has 3 rings (SSSR count). The Morgan fingerprint density at radius 3 is 2.91 bits per heavy atom. The van der Waals surface area contributed by atoms with Gasteiger partial charge in [0.05, 0.1) is 31.8 Å². The summed E-state index contributed by atoms with van der Waals surface area (Å²) in [5.41, 5.74) is 0.969. The van der Waals surface area contributed by atoms with Crippen LogP contribution < -0.4 is 5.32 Å². The number of ether oxygens (including phenoxy) is 2. The van der Waals surface area contributed by atoms with Crippen molar-refractivity contribution >= 4 is 6.03 Å². The van der Waals surface area contributed by atoms with Gasteiger partial charge in [-0.2, -0.15) is 0 Å². The Hall–Kier alpha value is -1.53. The number of piperidine rings is 1. The van der Waals surface area contributed by atoms with E-state index in [4.69, 9.17) is 13.9 Å². The molecule has 2 saturated heterocycles. The molecular formula is C16H24N2O4. The van der Waals surface area contributed by atoms with Crippen molar-refractivity contribution < 1.29 is 18.7 Å². The Morgan fingerprint density at radius 1 is 1.45 bits per heavy atom. The van der Waals surface area contributed by atoms with Crippen molar-refractivity contribution in [2.75, 3.05) is 26.3 Å². The summed E-state index contributed by atoms with van der Waals surface area (Å²) < 4.78 is 16.6. The molecule has 6 nitrogen and oxygen atoms in total. The van der Waals surface area contributed by atoms with Crippen LogP contribution in [-0.4, -0.2) is 43.0 Å². The van der Waals surface area contributed by atoms with E-state index in [0.29, 0.717) is 19.8 Å². The third kappa shape index (κ3) is 3.13. The van der Waals surface area contributed by atoms with Gasteiger partial charge in [0.15, 0.2) is 5.79 Å². The van der Waals surface area contributed by atoms with Gasteiger partial charge in [-0.15, -0.1) is 0 Å². The number of rotatable bonds is 3. The highest BCUT2D eigenvalue weighted by molar-refractivity contribution is 5.74. The van der Waals surface area contributed by atoms with Crippen molar-refractivity contribution in [3.05, 3.63) is 24.2 Å². The van der Waals surface area contributed by atoms with E-state index < -0.39 is 5.79 Å². The van der Waals surface area contributed by atoms with Crippen LogP contribution in [0, 0.1) is 5.92 Å². The summed E-state index contributed by atoms with van der Waals surface area (Å²) in [6.07, 6.45) is 5.27. The Labute approximate surface area is 130 Å². The first-order valence-corrected chi connectivity index (χ1v) is 7.94. The highest BCUT2D eigenvalue weighted by atomic mass is 16.7. The predicted octanol–water partition coefficient (Wildman–Crippen LogP) is 2.53. The van der Waals surface area contributed by atoms with Gasteiger partial charge in [0, 0.05) is 24.6 Å². The average molecular weight is 308 g/mol. The summed E-state index contributed by atoms with van der Waals surface area (Å²) in [7, 11) is 0. The molecule has 1 aromatic rings. The molecule has 2 aliphatic heterocycles. The van der Waals surface area contributed by atoms with Gasteiger partial charge in [0.25, 0.3) is 0 Å². The summed E-state index contributed by atoms with van der Waals surface area (Å²) in [6.45, 7) is 6.65. The number of carbonyl (C=O) groups is 1. The number of urea groups is 1. The zero-order chi connectivity index (χ0) is 15.6. The molecule has 2 aliphatic rings. The first-order valence-electron chi connectivity index (χ1n) is 7.94. The number of nitrogens with one attached hydrogen (secondary N) is 1. The topological polar surface area (TPSA) is 63.9 Å². The van der Waals surface area contributed by atoms with Gasteiger partial charge >= 0.3 is 6.03 Å². The van der Waals surface area contributed by atoms with E-state index in [1.807, 2.05) is 24.8 Å². The van der Waals surface area contributed by atoms with E-state index in [-0.39, 0.29) is 18.0 Å². The minimum atomic E-state index is -0.547. The second-order valence-electron chi connectivity index (χ2n) is 6.23. The molecule has 6 heteroatoms. The molecule has 1 aromatic heterocycles. The Kier molecular flexibility index (Phi) is 4.40. The van der Waals surface area contributed by atoms with Gasteiger partial charge < -0.3 is 24.1 Å². The summed E-state index contributed by atoms with van der Waals surface area (Å²) in [5, 5.41) is 3.02. The van der Waals surface area contributed by atoms with Crippen molar-refractivity contribution in [3.8, 4) is 0 Å². The van der Waals surface area contributed by atoms with Gasteiger partial charge in [-0.05, 0) is 32.8 Å². The van der Waals surface area contributed by atoms with Gasteiger partial charge in [0.2, 0.25) is 0 Å². The first-order chi connectivity index (χ1) is 10.6. The van der Waals surface area contributed by atoms with E-state index in [1.165, 1.54) is 0 Å². The monoisotopic (exact) mass is 308 g/mol. The summed E-state index contributed by atoms with van der Waals surface area (Å²) in [5.74, 6) is -0.325. The zero-order valence-electron chi connectivity index (χ0n) is 13.2. The van der Waals surface area contributed by atoms with Crippen LogP contribution in [0.4, 0.5) is 4.79 Å². The number of hydrogen-bond donors (Lipinski definition) is 1. The predicted molar refractivity (Wildman–Crippen MR) is 80.3 cm³/mol. The fourth-order valence-corrected chi connectivity index (χ4v) is 3.24. The zero-order valence-corrected chi connectivity index (χ0v) is 13.2. The maximum Gasteiger partial charge on any atom is 0.317 e.